The molecule has 0 radical (unpaired) electrons. The SMILES string of the molecule is CC[C@H]1O[C@@H](n2ccc(N)nc2=O)CC1O[Si](C)(C)C(C)(C)C.CC[C@H]1O[C@@H](n2ccc(NC(=O)OCc3ccc(OC)cc3)nc2=O)CC1O.CC[C@H]1O[C@@H](n2ccc(NC(=O)OCc3ccc(OC)cc3)nc2=O)CC1O[Si](C)(C)C(C)(C)C.COc1ccc(CO)cc1.Nc1ccn([C@H]2CC(O)[C@@H](CO)O2)c(=O)n1. The van der Waals surface area contributed by atoms with Gasteiger partial charge in [-0.3, -0.25) is 28.9 Å². The highest BCUT2D eigenvalue weighted by atomic mass is 28.4. The van der Waals surface area contributed by atoms with Crippen LogP contribution in [0.5, 0.6) is 17.2 Å². The first-order valence-electron chi connectivity index (χ1n) is 37.2. The van der Waals surface area contributed by atoms with Gasteiger partial charge in [0.1, 0.15) is 84.7 Å². The smallest absolute Gasteiger partial charge is 0.413 e. The van der Waals surface area contributed by atoms with Crippen molar-refractivity contribution in [1.29, 1.82) is 0 Å². The maximum Gasteiger partial charge on any atom is 0.413 e. The van der Waals surface area contributed by atoms with Gasteiger partial charge in [-0.1, -0.05) is 98.7 Å². The van der Waals surface area contributed by atoms with E-state index in [2.05, 4.69) is 112 Å². The molecule has 4 aromatic heterocycles. The number of benzene rings is 3. The van der Waals surface area contributed by atoms with Crippen molar-refractivity contribution >= 4 is 52.1 Å². The zero-order valence-electron chi connectivity index (χ0n) is 66.7. The van der Waals surface area contributed by atoms with Gasteiger partial charge in [-0.15, -0.1) is 0 Å². The number of nitrogens with two attached hydrogens (primary N) is 2. The van der Waals surface area contributed by atoms with E-state index >= 15 is 0 Å². The third kappa shape index (κ3) is 25.4. The number of hydrogen-bond acceptors (Lipinski definition) is 27. The number of nitrogens with one attached hydrogen (secondary N) is 2. The second kappa shape index (κ2) is 41.0. The lowest BCUT2D eigenvalue weighted by Gasteiger charge is -2.39. The highest BCUT2D eigenvalue weighted by Crippen LogP contribution is 2.43. The normalized spacial score (nSPS) is 22.1. The van der Waals surface area contributed by atoms with Crippen LogP contribution in [0, 0.1) is 0 Å². The Morgan fingerprint density at radius 2 is 0.768 bits per heavy atom. The quantitative estimate of drug-likeness (QED) is 0.0292. The molecule has 8 heterocycles. The van der Waals surface area contributed by atoms with Gasteiger partial charge in [0.05, 0.1) is 77.3 Å². The number of nitrogen functional groups attached to an aromatic ring is 2. The predicted molar refractivity (Wildman–Crippen MR) is 424 cm³/mol. The van der Waals surface area contributed by atoms with Crippen LogP contribution in [0.1, 0.15) is 149 Å². The van der Waals surface area contributed by atoms with Crippen LogP contribution in [0.4, 0.5) is 32.9 Å². The van der Waals surface area contributed by atoms with Crippen molar-refractivity contribution in [3.8, 4) is 17.2 Å². The van der Waals surface area contributed by atoms with E-state index in [9.17, 15) is 39.0 Å². The number of hydrogen-bond donors (Lipinski definition) is 8. The summed E-state index contributed by atoms with van der Waals surface area (Å²) in [6.07, 6.45) is 4.34. The third-order valence-electron chi connectivity index (χ3n) is 20.1. The summed E-state index contributed by atoms with van der Waals surface area (Å²) in [5, 5.41) is 42.2. The van der Waals surface area contributed by atoms with Crippen molar-refractivity contribution in [2.75, 3.05) is 50.0 Å². The van der Waals surface area contributed by atoms with E-state index in [4.69, 9.17) is 73.2 Å². The molecule has 0 bridgehead atoms. The number of methoxy groups -OCH3 is 3. The first-order valence-corrected chi connectivity index (χ1v) is 43.0. The maximum absolute atomic E-state index is 12.7. The molecule has 0 spiro atoms. The van der Waals surface area contributed by atoms with E-state index in [0.29, 0.717) is 31.4 Å². The van der Waals surface area contributed by atoms with E-state index < -0.39 is 82.9 Å². The first-order chi connectivity index (χ1) is 52.9. The van der Waals surface area contributed by atoms with E-state index in [1.165, 1.54) is 42.8 Å². The Balaban J connectivity index is 0.000000204. The Morgan fingerprint density at radius 1 is 0.464 bits per heavy atom. The first kappa shape index (κ1) is 90.0. The summed E-state index contributed by atoms with van der Waals surface area (Å²) in [6, 6.07) is 27.7. The van der Waals surface area contributed by atoms with Gasteiger partial charge in [0.15, 0.2) is 16.6 Å². The summed E-state index contributed by atoms with van der Waals surface area (Å²) >= 11 is 0. The fraction of sp³-hybridized carbons (Fsp3) is 0.532. The largest absolute Gasteiger partial charge is 0.497 e. The molecule has 2 amide bonds. The predicted octanol–water partition coefficient (Wildman–Crippen LogP) is 9.71. The number of nitrogens with zero attached hydrogens (tertiary/aromatic N) is 8. The van der Waals surface area contributed by atoms with Gasteiger partial charge >= 0.3 is 34.9 Å². The second-order valence-electron chi connectivity index (χ2n) is 30.0. The molecule has 33 nitrogen and oxygen atoms in total. The molecular formula is C77H112N12O21Si2. The Kier molecular flexibility index (Phi) is 32.9. The third-order valence-corrected chi connectivity index (χ3v) is 29.1. The summed E-state index contributed by atoms with van der Waals surface area (Å²) in [4.78, 5) is 87.7. The molecule has 4 saturated heterocycles. The average Bonchev–Trinajstić information content (AvgIpc) is 1.55. The summed E-state index contributed by atoms with van der Waals surface area (Å²) in [5.74, 6) is 2.80. The highest BCUT2D eigenvalue weighted by Gasteiger charge is 2.47. The summed E-state index contributed by atoms with van der Waals surface area (Å²) < 4.78 is 67.3. The number of aliphatic hydroxyl groups is 4. The molecule has 112 heavy (non-hydrogen) atoms. The van der Waals surface area contributed by atoms with Crippen molar-refractivity contribution < 1.29 is 81.5 Å². The van der Waals surface area contributed by atoms with Crippen LogP contribution in [0.25, 0.3) is 0 Å². The molecule has 3 aromatic carbocycles. The molecule has 4 unspecified atom stereocenters. The minimum absolute atomic E-state index is 0.00132. The zero-order chi connectivity index (χ0) is 82.4. The van der Waals surface area contributed by atoms with Crippen molar-refractivity contribution in [2.24, 2.45) is 0 Å². The number of carbonyl (C=O) groups is 2. The minimum Gasteiger partial charge on any atom is -0.497 e. The molecule has 4 aliphatic heterocycles. The number of amides is 2. The van der Waals surface area contributed by atoms with Crippen LogP contribution in [-0.4, -0.2) is 164 Å². The monoisotopic (exact) mass is 1600 g/mol. The Hall–Kier alpha value is -9.25. The molecule has 10 N–H and O–H groups in total. The van der Waals surface area contributed by atoms with Crippen molar-refractivity contribution in [1.82, 2.24) is 38.2 Å². The number of aliphatic hydroxyl groups excluding tert-OH is 4. The topological polar surface area (TPSA) is 432 Å². The molecule has 0 saturated carbocycles. The molecule has 7 aromatic rings. The van der Waals surface area contributed by atoms with Crippen molar-refractivity contribution in [3.63, 3.8) is 0 Å². The average molecular weight is 1600 g/mol. The van der Waals surface area contributed by atoms with Gasteiger partial charge in [0.25, 0.3) is 0 Å². The van der Waals surface area contributed by atoms with Crippen LogP contribution >= 0.6 is 0 Å². The Labute approximate surface area is 653 Å². The van der Waals surface area contributed by atoms with Gasteiger partial charge in [-0.2, -0.15) is 19.9 Å². The molecule has 11 rings (SSSR count). The van der Waals surface area contributed by atoms with Crippen LogP contribution in [0.15, 0.2) is 141 Å². The fourth-order valence-electron chi connectivity index (χ4n) is 11.6. The lowest BCUT2D eigenvalue weighted by Crippen LogP contribution is -2.45. The van der Waals surface area contributed by atoms with E-state index in [1.807, 2.05) is 31.2 Å². The molecule has 614 valence electrons. The lowest BCUT2D eigenvalue weighted by molar-refractivity contribution is -0.0458. The van der Waals surface area contributed by atoms with Crippen LogP contribution in [0.3, 0.4) is 0 Å². The van der Waals surface area contributed by atoms with E-state index in [-0.39, 0.29) is 109 Å². The second-order valence-corrected chi connectivity index (χ2v) is 39.5. The maximum atomic E-state index is 12.7. The van der Waals surface area contributed by atoms with Gasteiger partial charge in [-0.25, -0.2) is 28.8 Å². The zero-order valence-corrected chi connectivity index (χ0v) is 68.7. The lowest BCUT2D eigenvalue weighted by atomic mass is 10.1. The van der Waals surface area contributed by atoms with Crippen LogP contribution in [0.2, 0.25) is 36.3 Å². The van der Waals surface area contributed by atoms with Crippen LogP contribution < -0.4 is 59.1 Å². The van der Waals surface area contributed by atoms with Crippen molar-refractivity contribution in [2.45, 2.75) is 237 Å². The highest BCUT2D eigenvalue weighted by molar-refractivity contribution is 6.74. The molecule has 0 aliphatic carbocycles. The fourth-order valence-corrected chi connectivity index (χ4v) is 14.3. The number of anilines is 4. The number of aromatic nitrogens is 8. The van der Waals surface area contributed by atoms with E-state index in [1.54, 1.807) is 94.4 Å². The summed E-state index contributed by atoms with van der Waals surface area (Å²) in [5.41, 5.74) is 11.4. The Bertz CT molecular complexity index is 4360. The summed E-state index contributed by atoms with van der Waals surface area (Å²) in [6.45, 7) is 28.2. The molecule has 35 heteroatoms. The Morgan fingerprint density at radius 3 is 1.05 bits per heavy atom. The number of ether oxygens (including phenoxy) is 9. The number of carbonyl (C=O) groups excluding carboxylic acids is 2. The van der Waals surface area contributed by atoms with E-state index in [0.717, 1.165) is 41.0 Å². The van der Waals surface area contributed by atoms with Crippen molar-refractivity contribution in [3.05, 3.63) is 180 Å². The minimum atomic E-state index is -1.99. The van der Waals surface area contributed by atoms with Gasteiger partial charge < -0.3 is 83.4 Å². The van der Waals surface area contributed by atoms with Gasteiger partial charge in [-0.05, 0) is 133 Å². The molecule has 4 fully saturated rings. The number of rotatable bonds is 22. The van der Waals surface area contributed by atoms with Gasteiger partial charge in [0.2, 0.25) is 0 Å². The molecular weight excluding hydrogens is 1490 g/mol. The van der Waals surface area contributed by atoms with Gasteiger partial charge in [0, 0.05) is 50.5 Å². The standard InChI is InChI=1S/C25H37N3O6Si.C19H23N3O6.C16H29N3O3Si.C9H13N3O4.C8H10O2/c1-8-19-20(34-35(6,7)25(2,3)4)15-22(33-19)28-14-13-21(26-23(28)29)27-24(30)32-16-17-9-11-18(31-5)12-10-17;1-3-15-14(23)10-17(28-15)22-9-8-16(20-18(22)24)21-19(25)27-11-12-4-6-13(26-2)7-5-12;1-7-11-12(22-23(5,6)16(2,3)4)10-14(21-11)19-9-8-13(17)18-15(19)20;10-7-1-2-12(9(15)11-7)8-3-5(14)6(4-13)16-8;1-10-8-4-2-7(6-9)3-5-8/h9-14,19-20,22H,8,15-16H2,1-7H3,(H,26,27,29,30);4-9,14-15,17,23H,3,10-11H2,1-2H3,(H,20,21,24,25);8-9,11-12,14H,7,10H2,1-6H3,(H2,17,18,20);1-2,5-6,8,13-14H,3-4H2,(H2,10,11,15);2-5,9H,6H2,1H3/t19-,20?,22-;14?,15-,17-;11-,12?,14-;5?,6-,8-;/m1111./s1. The summed E-state index contributed by atoms with van der Waals surface area (Å²) in [7, 11) is 0.905. The van der Waals surface area contributed by atoms with Crippen LogP contribution in [-0.2, 0) is 57.1 Å². The molecule has 4 aliphatic rings. The molecule has 12 atom stereocenters.